The van der Waals surface area contributed by atoms with Crippen LogP contribution in [0.15, 0.2) is 24.3 Å². The Balaban J connectivity index is 1.94. The van der Waals surface area contributed by atoms with Crippen molar-refractivity contribution in [3.05, 3.63) is 34.9 Å². The average Bonchev–Trinajstić information content (AvgIpc) is 2.73. The molecule has 1 aliphatic heterocycles. The first-order valence-corrected chi connectivity index (χ1v) is 9.76. The molecule has 1 fully saturated rings. The fraction of sp³-hybridized carbons (Fsp3) is 0.533. The Morgan fingerprint density at radius 3 is 2.43 bits per heavy atom. The maximum Gasteiger partial charge on any atom is 0.317 e. The van der Waals surface area contributed by atoms with Crippen molar-refractivity contribution in [2.75, 3.05) is 32.4 Å². The van der Waals surface area contributed by atoms with Crippen molar-refractivity contribution >= 4 is 27.7 Å². The lowest BCUT2D eigenvalue weighted by Crippen LogP contribution is -2.43. The molecule has 0 aliphatic carbocycles. The molecule has 128 valence electrons. The molecule has 8 heteroatoms. The highest BCUT2D eigenvalue weighted by atomic mass is 35.5. The number of nitrogens with zero attached hydrogens (tertiary/aromatic N) is 2. The summed E-state index contributed by atoms with van der Waals surface area (Å²) in [5.74, 6) is 0. The van der Waals surface area contributed by atoms with E-state index >= 15 is 0 Å². The number of carbonyl (C=O) groups excluding carboxylic acids is 1. The zero-order chi connectivity index (χ0) is 17.0. The van der Waals surface area contributed by atoms with Gasteiger partial charge in [-0.05, 0) is 31.0 Å². The van der Waals surface area contributed by atoms with Gasteiger partial charge in [-0.1, -0.05) is 23.7 Å². The molecule has 1 N–H and O–H groups in total. The number of carbonyl (C=O) groups is 1. The van der Waals surface area contributed by atoms with Crippen LogP contribution in [-0.4, -0.2) is 56.1 Å². The van der Waals surface area contributed by atoms with Gasteiger partial charge in [0.05, 0.1) is 12.3 Å². The van der Waals surface area contributed by atoms with Gasteiger partial charge in [0, 0.05) is 31.2 Å². The number of halogens is 1. The van der Waals surface area contributed by atoms with E-state index < -0.39 is 10.0 Å². The second-order valence-electron chi connectivity index (χ2n) is 5.73. The highest BCUT2D eigenvalue weighted by Crippen LogP contribution is 2.16. The summed E-state index contributed by atoms with van der Waals surface area (Å²) < 4.78 is 24.6. The van der Waals surface area contributed by atoms with Crippen molar-refractivity contribution < 1.29 is 13.2 Å². The molecule has 23 heavy (non-hydrogen) atoms. The van der Waals surface area contributed by atoms with Crippen LogP contribution in [0.2, 0.25) is 5.02 Å². The molecule has 0 radical (unpaired) electrons. The predicted octanol–water partition coefficient (Wildman–Crippen LogP) is 2.08. The van der Waals surface area contributed by atoms with E-state index in [1.807, 2.05) is 19.1 Å². The zero-order valence-corrected chi connectivity index (χ0v) is 14.9. The molecule has 0 saturated carbocycles. The van der Waals surface area contributed by atoms with E-state index in [1.54, 1.807) is 17.0 Å². The first-order chi connectivity index (χ1) is 10.8. The topological polar surface area (TPSA) is 69.7 Å². The number of hydrogen-bond donors (Lipinski definition) is 1. The minimum absolute atomic E-state index is 0.144. The third kappa shape index (κ3) is 5.09. The van der Waals surface area contributed by atoms with E-state index in [0.717, 1.165) is 5.56 Å². The Morgan fingerprint density at radius 2 is 1.83 bits per heavy atom. The molecule has 1 aromatic rings. The molecule has 1 saturated heterocycles. The third-order valence-corrected chi connectivity index (χ3v) is 5.48. The fourth-order valence-electron chi connectivity index (χ4n) is 2.54. The second-order valence-corrected chi connectivity index (χ2v) is 8.14. The number of hydrogen-bond acceptors (Lipinski definition) is 3. The minimum Gasteiger partial charge on any atom is -0.331 e. The van der Waals surface area contributed by atoms with Gasteiger partial charge < -0.3 is 10.2 Å². The zero-order valence-electron chi connectivity index (χ0n) is 13.3. The third-order valence-electron chi connectivity index (χ3n) is 3.92. The molecular weight excluding hydrogens is 338 g/mol. The molecule has 1 aliphatic rings. The molecule has 0 aromatic heterocycles. The molecule has 0 bridgehead atoms. The van der Waals surface area contributed by atoms with Gasteiger partial charge in [0.15, 0.2) is 0 Å². The first kappa shape index (κ1) is 18.0. The minimum atomic E-state index is -3.21. The van der Waals surface area contributed by atoms with Gasteiger partial charge in [-0.3, -0.25) is 0 Å². The SMILES string of the molecule is C[C@H](NC(=O)N1CCCN(S(C)(=O)=O)CC1)c1ccc(Cl)cc1. The van der Waals surface area contributed by atoms with Gasteiger partial charge in [-0.15, -0.1) is 0 Å². The van der Waals surface area contributed by atoms with Gasteiger partial charge in [0.25, 0.3) is 0 Å². The Kier molecular flexibility index (Phi) is 5.89. The molecule has 1 atom stereocenters. The van der Waals surface area contributed by atoms with Gasteiger partial charge >= 0.3 is 6.03 Å². The van der Waals surface area contributed by atoms with Crippen LogP contribution < -0.4 is 5.32 Å². The van der Waals surface area contributed by atoms with Crippen LogP contribution in [0.25, 0.3) is 0 Å². The summed E-state index contributed by atoms with van der Waals surface area (Å²) in [6, 6.07) is 7.00. The number of urea groups is 1. The summed E-state index contributed by atoms with van der Waals surface area (Å²) >= 11 is 5.86. The van der Waals surface area contributed by atoms with E-state index in [9.17, 15) is 13.2 Å². The second kappa shape index (κ2) is 7.51. The largest absolute Gasteiger partial charge is 0.331 e. The van der Waals surface area contributed by atoms with Gasteiger partial charge in [0.2, 0.25) is 10.0 Å². The Labute approximate surface area is 142 Å². The van der Waals surface area contributed by atoms with Crippen LogP contribution in [0, 0.1) is 0 Å². The maximum absolute atomic E-state index is 12.4. The number of rotatable bonds is 3. The number of sulfonamides is 1. The molecule has 2 amide bonds. The van der Waals surface area contributed by atoms with E-state index in [2.05, 4.69) is 5.32 Å². The quantitative estimate of drug-likeness (QED) is 0.898. The standard InChI is InChI=1S/C15H22ClN3O3S/c1-12(13-4-6-14(16)7-5-13)17-15(20)18-8-3-9-19(11-10-18)23(2,21)22/h4-7,12H,3,8-11H2,1-2H3,(H,17,20)/t12-/m0/s1. The number of amides is 2. The lowest BCUT2D eigenvalue weighted by Gasteiger charge is -2.24. The van der Waals surface area contributed by atoms with Crippen LogP contribution >= 0.6 is 11.6 Å². The molecule has 1 heterocycles. The van der Waals surface area contributed by atoms with Crippen molar-refractivity contribution in [2.45, 2.75) is 19.4 Å². The van der Waals surface area contributed by atoms with Crippen molar-refractivity contribution in [1.82, 2.24) is 14.5 Å². The van der Waals surface area contributed by atoms with Crippen molar-refractivity contribution in [1.29, 1.82) is 0 Å². The van der Waals surface area contributed by atoms with Crippen LogP contribution in [0.3, 0.4) is 0 Å². The average molecular weight is 360 g/mol. The lowest BCUT2D eigenvalue weighted by atomic mass is 10.1. The normalized spacial score (nSPS) is 18.3. The molecule has 1 aromatic carbocycles. The van der Waals surface area contributed by atoms with Gasteiger partial charge in [-0.2, -0.15) is 0 Å². The summed E-state index contributed by atoms with van der Waals surface area (Å²) in [5.41, 5.74) is 0.968. The highest BCUT2D eigenvalue weighted by Gasteiger charge is 2.24. The van der Waals surface area contributed by atoms with E-state index in [1.165, 1.54) is 10.6 Å². The maximum atomic E-state index is 12.4. The smallest absolute Gasteiger partial charge is 0.317 e. The molecule has 0 unspecified atom stereocenters. The van der Waals surface area contributed by atoms with E-state index in [-0.39, 0.29) is 12.1 Å². The number of nitrogens with one attached hydrogen (secondary N) is 1. The van der Waals surface area contributed by atoms with Crippen LogP contribution in [-0.2, 0) is 10.0 Å². The summed E-state index contributed by atoms with van der Waals surface area (Å²) in [5, 5.41) is 3.60. The number of benzene rings is 1. The fourth-order valence-corrected chi connectivity index (χ4v) is 3.54. The first-order valence-electron chi connectivity index (χ1n) is 7.53. The predicted molar refractivity (Wildman–Crippen MR) is 91.0 cm³/mol. The Bertz CT molecular complexity index is 648. The van der Waals surface area contributed by atoms with Crippen LogP contribution in [0.1, 0.15) is 24.9 Å². The Morgan fingerprint density at radius 1 is 1.17 bits per heavy atom. The van der Waals surface area contributed by atoms with E-state index in [0.29, 0.717) is 37.6 Å². The summed E-state index contributed by atoms with van der Waals surface area (Å²) in [6.07, 6.45) is 1.83. The monoisotopic (exact) mass is 359 g/mol. The highest BCUT2D eigenvalue weighted by molar-refractivity contribution is 7.88. The summed E-state index contributed by atoms with van der Waals surface area (Å²) in [7, 11) is -3.21. The molecule has 2 rings (SSSR count). The van der Waals surface area contributed by atoms with Crippen molar-refractivity contribution in [2.24, 2.45) is 0 Å². The van der Waals surface area contributed by atoms with Crippen LogP contribution in [0.4, 0.5) is 4.79 Å². The van der Waals surface area contributed by atoms with Gasteiger partial charge in [0.1, 0.15) is 0 Å². The van der Waals surface area contributed by atoms with E-state index in [4.69, 9.17) is 11.6 Å². The molecule has 6 nitrogen and oxygen atoms in total. The molecule has 0 spiro atoms. The van der Waals surface area contributed by atoms with Crippen molar-refractivity contribution in [3.8, 4) is 0 Å². The van der Waals surface area contributed by atoms with Gasteiger partial charge in [-0.25, -0.2) is 17.5 Å². The Hall–Kier alpha value is -1.31. The molecular formula is C15H22ClN3O3S. The van der Waals surface area contributed by atoms with Crippen molar-refractivity contribution in [3.63, 3.8) is 0 Å². The summed E-state index contributed by atoms with van der Waals surface area (Å²) in [6.45, 7) is 3.64. The summed E-state index contributed by atoms with van der Waals surface area (Å²) in [4.78, 5) is 14.0. The lowest BCUT2D eigenvalue weighted by molar-refractivity contribution is 0.197. The van der Waals surface area contributed by atoms with Crippen LogP contribution in [0.5, 0.6) is 0 Å².